The van der Waals surface area contributed by atoms with E-state index < -0.39 is 0 Å². The summed E-state index contributed by atoms with van der Waals surface area (Å²) < 4.78 is 5.15. The minimum absolute atomic E-state index is 0.000463. The fourth-order valence-corrected chi connectivity index (χ4v) is 1.95. The van der Waals surface area contributed by atoms with Crippen LogP contribution < -0.4 is 15.8 Å². The van der Waals surface area contributed by atoms with Crippen molar-refractivity contribution in [3.63, 3.8) is 0 Å². The van der Waals surface area contributed by atoms with Crippen molar-refractivity contribution < 1.29 is 9.84 Å². The monoisotopic (exact) mass is 208 g/mol. The molecule has 2 unspecified atom stereocenters. The Morgan fingerprint density at radius 1 is 1.53 bits per heavy atom. The number of nitrogens with two attached hydrogens (primary N) is 1. The van der Waals surface area contributed by atoms with E-state index in [0.29, 0.717) is 11.4 Å². The Bertz CT molecular complexity index is 354. The van der Waals surface area contributed by atoms with Crippen molar-refractivity contribution in [3.8, 4) is 5.75 Å². The first-order valence-electron chi connectivity index (χ1n) is 5.07. The number of ether oxygens (including phenoxy) is 1. The first-order valence-corrected chi connectivity index (χ1v) is 5.07. The van der Waals surface area contributed by atoms with Gasteiger partial charge in [0.05, 0.1) is 24.9 Å². The van der Waals surface area contributed by atoms with Crippen LogP contribution in [0.2, 0.25) is 0 Å². The molecule has 1 aromatic rings. The van der Waals surface area contributed by atoms with Gasteiger partial charge in [-0.1, -0.05) is 6.07 Å². The third-order valence-electron chi connectivity index (χ3n) is 2.81. The molecule has 4 heteroatoms. The lowest BCUT2D eigenvalue weighted by Crippen LogP contribution is -2.20. The van der Waals surface area contributed by atoms with Crippen LogP contribution in [-0.2, 0) is 0 Å². The lowest BCUT2D eigenvalue weighted by atomic mass is 10.0. The van der Waals surface area contributed by atoms with Crippen molar-refractivity contribution >= 4 is 5.69 Å². The number of hydrogen-bond donors (Lipinski definition) is 3. The fourth-order valence-electron chi connectivity index (χ4n) is 1.95. The number of nitrogens with one attached hydrogen (secondary N) is 1. The van der Waals surface area contributed by atoms with Gasteiger partial charge in [-0.25, -0.2) is 0 Å². The van der Waals surface area contributed by atoms with Crippen LogP contribution >= 0.6 is 0 Å². The van der Waals surface area contributed by atoms with Crippen LogP contribution in [0, 0.1) is 0 Å². The smallest absolute Gasteiger partial charge is 0.142 e. The summed E-state index contributed by atoms with van der Waals surface area (Å²) in [6.45, 7) is 0.846. The SMILES string of the molecule is COc1cc(C2NCCC2O)ccc1N. The first kappa shape index (κ1) is 10.3. The number of anilines is 1. The molecule has 0 amide bonds. The molecule has 1 fully saturated rings. The maximum absolute atomic E-state index is 9.74. The Kier molecular flexibility index (Phi) is 2.79. The van der Waals surface area contributed by atoms with Crippen molar-refractivity contribution in [1.29, 1.82) is 0 Å². The van der Waals surface area contributed by atoms with Crippen LogP contribution in [0.5, 0.6) is 5.75 Å². The van der Waals surface area contributed by atoms with Gasteiger partial charge in [-0.2, -0.15) is 0 Å². The lowest BCUT2D eigenvalue weighted by molar-refractivity contribution is 0.160. The van der Waals surface area contributed by atoms with Crippen LogP contribution in [0.3, 0.4) is 0 Å². The zero-order valence-electron chi connectivity index (χ0n) is 8.73. The average Bonchev–Trinajstić information content (AvgIpc) is 2.65. The topological polar surface area (TPSA) is 67.5 Å². The lowest BCUT2D eigenvalue weighted by Gasteiger charge is -2.16. The summed E-state index contributed by atoms with van der Waals surface area (Å²) in [6, 6.07) is 5.60. The minimum Gasteiger partial charge on any atom is -0.495 e. The molecule has 2 atom stereocenters. The van der Waals surface area contributed by atoms with E-state index in [4.69, 9.17) is 10.5 Å². The predicted octanol–water partition coefficient (Wildman–Crippen LogP) is 0.673. The zero-order valence-corrected chi connectivity index (χ0v) is 8.73. The molecule has 1 heterocycles. The number of hydrogen-bond acceptors (Lipinski definition) is 4. The summed E-state index contributed by atoms with van der Waals surface area (Å²) in [7, 11) is 1.59. The molecule has 0 spiro atoms. The molecule has 0 bridgehead atoms. The number of aliphatic hydroxyl groups is 1. The van der Waals surface area contributed by atoms with E-state index in [0.717, 1.165) is 18.5 Å². The summed E-state index contributed by atoms with van der Waals surface area (Å²) in [6.07, 6.45) is 0.468. The van der Waals surface area contributed by atoms with Crippen LogP contribution in [0.4, 0.5) is 5.69 Å². The molecule has 4 nitrogen and oxygen atoms in total. The summed E-state index contributed by atoms with van der Waals surface area (Å²) >= 11 is 0. The van der Waals surface area contributed by atoms with Crippen molar-refractivity contribution in [2.45, 2.75) is 18.6 Å². The van der Waals surface area contributed by atoms with Gasteiger partial charge in [0.1, 0.15) is 5.75 Å². The molecule has 0 radical (unpaired) electrons. The molecule has 2 rings (SSSR count). The first-order chi connectivity index (χ1) is 7.22. The fraction of sp³-hybridized carbons (Fsp3) is 0.455. The number of methoxy groups -OCH3 is 1. The minimum atomic E-state index is -0.321. The molecule has 1 saturated heterocycles. The van der Waals surface area contributed by atoms with Crippen molar-refractivity contribution in [2.75, 3.05) is 19.4 Å². The Morgan fingerprint density at radius 3 is 2.93 bits per heavy atom. The highest BCUT2D eigenvalue weighted by Crippen LogP contribution is 2.29. The van der Waals surface area contributed by atoms with Gasteiger partial charge in [0.15, 0.2) is 0 Å². The Hall–Kier alpha value is -1.26. The van der Waals surface area contributed by atoms with E-state index in [1.807, 2.05) is 12.1 Å². The number of rotatable bonds is 2. The molecule has 0 aromatic heterocycles. The van der Waals surface area contributed by atoms with Gasteiger partial charge < -0.3 is 20.9 Å². The van der Waals surface area contributed by atoms with E-state index in [1.165, 1.54) is 0 Å². The molecule has 1 aliphatic heterocycles. The second-order valence-corrected chi connectivity index (χ2v) is 3.79. The van der Waals surface area contributed by atoms with Crippen LogP contribution in [-0.4, -0.2) is 24.9 Å². The van der Waals surface area contributed by atoms with Gasteiger partial charge in [-0.05, 0) is 30.7 Å². The number of benzene rings is 1. The van der Waals surface area contributed by atoms with E-state index in [1.54, 1.807) is 13.2 Å². The normalized spacial score (nSPS) is 25.5. The van der Waals surface area contributed by atoms with Crippen molar-refractivity contribution in [3.05, 3.63) is 23.8 Å². The molecule has 82 valence electrons. The zero-order chi connectivity index (χ0) is 10.8. The van der Waals surface area contributed by atoms with Crippen LogP contribution in [0.25, 0.3) is 0 Å². The highest BCUT2D eigenvalue weighted by molar-refractivity contribution is 5.54. The molecule has 4 N–H and O–H groups in total. The largest absolute Gasteiger partial charge is 0.495 e. The molecule has 1 aromatic carbocycles. The van der Waals surface area contributed by atoms with Gasteiger partial charge in [0, 0.05) is 0 Å². The van der Waals surface area contributed by atoms with E-state index in [-0.39, 0.29) is 12.1 Å². The maximum Gasteiger partial charge on any atom is 0.142 e. The predicted molar refractivity (Wildman–Crippen MR) is 58.8 cm³/mol. The molecule has 1 aliphatic rings. The van der Waals surface area contributed by atoms with Crippen molar-refractivity contribution in [2.24, 2.45) is 0 Å². The van der Waals surface area contributed by atoms with Crippen LogP contribution in [0.15, 0.2) is 18.2 Å². The van der Waals surface area contributed by atoms with E-state index in [9.17, 15) is 5.11 Å². The van der Waals surface area contributed by atoms with Gasteiger partial charge >= 0.3 is 0 Å². The quantitative estimate of drug-likeness (QED) is 0.625. The number of nitrogen functional groups attached to an aromatic ring is 1. The van der Waals surface area contributed by atoms with Gasteiger partial charge in [-0.3, -0.25) is 0 Å². The highest BCUT2D eigenvalue weighted by atomic mass is 16.5. The Labute approximate surface area is 89.0 Å². The second kappa shape index (κ2) is 4.08. The average molecular weight is 208 g/mol. The molecule has 0 saturated carbocycles. The van der Waals surface area contributed by atoms with E-state index >= 15 is 0 Å². The molecule has 15 heavy (non-hydrogen) atoms. The number of aliphatic hydroxyl groups excluding tert-OH is 1. The summed E-state index contributed by atoms with van der Waals surface area (Å²) in [4.78, 5) is 0. The second-order valence-electron chi connectivity index (χ2n) is 3.79. The summed E-state index contributed by atoms with van der Waals surface area (Å²) in [5.74, 6) is 0.661. The summed E-state index contributed by atoms with van der Waals surface area (Å²) in [5.41, 5.74) is 7.36. The molecular weight excluding hydrogens is 192 g/mol. The maximum atomic E-state index is 9.74. The van der Waals surface area contributed by atoms with Gasteiger partial charge in [-0.15, -0.1) is 0 Å². The Balaban J connectivity index is 2.28. The summed E-state index contributed by atoms with van der Waals surface area (Å²) in [5, 5.41) is 13.0. The molecule has 0 aliphatic carbocycles. The third kappa shape index (κ3) is 1.91. The van der Waals surface area contributed by atoms with Gasteiger partial charge in [0.2, 0.25) is 0 Å². The van der Waals surface area contributed by atoms with E-state index in [2.05, 4.69) is 5.32 Å². The highest BCUT2D eigenvalue weighted by Gasteiger charge is 2.26. The molecular formula is C11H16N2O2. The van der Waals surface area contributed by atoms with Crippen molar-refractivity contribution in [1.82, 2.24) is 5.32 Å². The van der Waals surface area contributed by atoms with Gasteiger partial charge in [0.25, 0.3) is 0 Å². The standard InChI is InChI=1S/C11H16N2O2/c1-15-10-6-7(2-3-8(10)12)11-9(14)4-5-13-11/h2-3,6,9,11,13-14H,4-5,12H2,1H3. The van der Waals surface area contributed by atoms with Crippen LogP contribution in [0.1, 0.15) is 18.0 Å². The Morgan fingerprint density at radius 2 is 2.33 bits per heavy atom. The third-order valence-corrected chi connectivity index (χ3v) is 2.81.